The maximum atomic E-state index is 13.7. The van der Waals surface area contributed by atoms with Crippen molar-refractivity contribution in [3.05, 3.63) is 65.2 Å². The highest BCUT2D eigenvalue weighted by atomic mass is 32.2. The number of aryl methyl sites for hydroxylation is 2. The zero-order valence-electron chi connectivity index (χ0n) is 21.0. The van der Waals surface area contributed by atoms with Crippen molar-refractivity contribution in [1.82, 2.24) is 10.2 Å². The zero-order valence-corrected chi connectivity index (χ0v) is 21.9. The molecule has 0 fully saturated rings. The minimum atomic E-state index is -3.73. The fraction of sp³-hybridized carbons (Fsp3) is 0.462. The lowest BCUT2D eigenvalue weighted by molar-refractivity contribution is -0.140. The van der Waals surface area contributed by atoms with Gasteiger partial charge in [-0.3, -0.25) is 13.9 Å². The molecule has 0 aliphatic carbocycles. The number of anilines is 1. The number of nitrogens with zero attached hydrogens (tertiary/aromatic N) is 2. The minimum absolute atomic E-state index is 0.213. The van der Waals surface area contributed by atoms with Gasteiger partial charge in [-0.05, 0) is 55.0 Å². The number of rotatable bonds is 11. The summed E-state index contributed by atoms with van der Waals surface area (Å²) in [5, 5.41) is 2.93. The first kappa shape index (κ1) is 27.4. The Morgan fingerprint density at radius 2 is 1.71 bits per heavy atom. The van der Waals surface area contributed by atoms with Gasteiger partial charge in [0.05, 0.1) is 11.9 Å². The molecule has 2 rings (SSSR count). The van der Waals surface area contributed by atoms with E-state index in [2.05, 4.69) is 5.32 Å². The number of hydrogen-bond donors (Lipinski definition) is 1. The highest BCUT2D eigenvalue weighted by molar-refractivity contribution is 7.92. The molecule has 0 aromatic heterocycles. The topological polar surface area (TPSA) is 86.8 Å². The third kappa shape index (κ3) is 7.58. The Morgan fingerprint density at radius 3 is 2.26 bits per heavy atom. The molecule has 0 spiro atoms. The summed E-state index contributed by atoms with van der Waals surface area (Å²) in [5.74, 6) is -0.398. The number of hydrogen-bond acceptors (Lipinski definition) is 4. The first-order valence-electron chi connectivity index (χ1n) is 11.6. The fourth-order valence-electron chi connectivity index (χ4n) is 3.71. The van der Waals surface area contributed by atoms with Gasteiger partial charge in [0, 0.05) is 13.1 Å². The standard InChI is InChI=1S/C26H37N3O4S/c1-7-24(26(31)27-16-19(2)3)28(17-22-13-9-8-12-21(22)5)25(30)18-29(34(6,32)33)23-14-10-11-20(4)15-23/h8-15,19,24H,7,16-18H2,1-6H3,(H,27,31). The van der Waals surface area contributed by atoms with Crippen LogP contribution in [0, 0.1) is 19.8 Å². The van der Waals surface area contributed by atoms with Crippen LogP contribution in [0.2, 0.25) is 0 Å². The lowest BCUT2D eigenvalue weighted by Crippen LogP contribution is -2.52. The summed E-state index contributed by atoms with van der Waals surface area (Å²) in [6, 6.07) is 14.0. The molecule has 8 heteroatoms. The normalized spacial score (nSPS) is 12.3. The van der Waals surface area contributed by atoms with E-state index in [1.807, 2.05) is 65.0 Å². The van der Waals surface area contributed by atoms with E-state index in [9.17, 15) is 18.0 Å². The van der Waals surface area contributed by atoms with Crippen LogP contribution in [-0.4, -0.2) is 50.5 Å². The average Bonchev–Trinajstić information content (AvgIpc) is 2.76. The van der Waals surface area contributed by atoms with E-state index in [0.717, 1.165) is 27.3 Å². The Labute approximate surface area is 204 Å². The molecule has 0 aliphatic rings. The first-order valence-corrected chi connectivity index (χ1v) is 13.4. The second-order valence-electron chi connectivity index (χ2n) is 9.12. The van der Waals surface area contributed by atoms with Crippen LogP contribution >= 0.6 is 0 Å². The molecule has 0 saturated heterocycles. The summed E-state index contributed by atoms with van der Waals surface area (Å²) in [6.07, 6.45) is 1.49. The van der Waals surface area contributed by atoms with Gasteiger partial charge in [-0.1, -0.05) is 57.2 Å². The SMILES string of the molecule is CCC(C(=O)NCC(C)C)N(Cc1ccccc1C)C(=O)CN(c1cccc(C)c1)S(C)(=O)=O. The van der Waals surface area contributed by atoms with Crippen LogP contribution in [0.4, 0.5) is 5.69 Å². The molecule has 34 heavy (non-hydrogen) atoms. The van der Waals surface area contributed by atoms with Crippen LogP contribution in [0.25, 0.3) is 0 Å². The Morgan fingerprint density at radius 1 is 1.03 bits per heavy atom. The number of benzene rings is 2. The first-order chi connectivity index (χ1) is 15.9. The van der Waals surface area contributed by atoms with E-state index in [-0.39, 0.29) is 24.9 Å². The van der Waals surface area contributed by atoms with E-state index in [1.54, 1.807) is 18.2 Å². The van der Waals surface area contributed by atoms with Gasteiger partial charge in [0.2, 0.25) is 21.8 Å². The van der Waals surface area contributed by atoms with Crippen molar-refractivity contribution >= 4 is 27.5 Å². The molecule has 7 nitrogen and oxygen atoms in total. The van der Waals surface area contributed by atoms with E-state index in [0.29, 0.717) is 18.7 Å². The van der Waals surface area contributed by atoms with Crippen molar-refractivity contribution in [3.63, 3.8) is 0 Å². The van der Waals surface area contributed by atoms with Crippen molar-refractivity contribution in [3.8, 4) is 0 Å². The second-order valence-corrected chi connectivity index (χ2v) is 11.0. The molecule has 0 radical (unpaired) electrons. The second kappa shape index (κ2) is 12.0. The highest BCUT2D eigenvalue weighted by Crippen LogP contribution is 2.21. The molecule has 2 aromatic carbocycles. The Balaban J connectivity index is 2.43. The fourth-order valence-corrected chi connectivity index (χ4v) is 4.55. The van der Waals surface area contributed by atoms with Gasteiger partial charge in [-0.25, -0.2) is 8.42 Å². The van der Waals surface area contributed by atoms with E-state index < -0.39 is 22.0 Å². The molecule has 1 N–H and O–H groups in total. The number of nitrogens with one attached hydrogen (secondary N) is 1. The van der Waals surface area contributed by atoms with Gasteiger partial charge >= 0.3 is 0 Å². The molecule has 2 aromatic rings. The summed E-state index contributed by atoms with van der Waals surface area (Å²) in [5.41, 5.74) is 3.21. The van der Waals surface area contributed by atoms with Crippen LogP contribution in [-0.2, 0) is 26.2 Å². The Kier molecular flexibility index (Phi) is 9.67. The van der Waals surface area contributed by atoms with Gasteiger partial charge in [-0.2, -0.15) is 0 Å². The Hall–Kier alpha value is -2.87. The van der Waals surface area contributed by atoms with Gasteiger partial charge in [0.15, 0.2) is 0 Å². The molecule has 186 valence electrons. The van der Waals surface area contributed by atoms with Crippen molar-refractivity contribution in [2.45, 2.75) is 53.6 Å². The molecule has 1 unspecified atom stereocenters. The minimum Gasteiger partial charge on any atom is -0.354 e. The van der Waals surface area contributed by atoms with E-state index >= 15 is 0 Å². The van der Waals surface area contributed by atoms with Gasteiger partial charge < -0.3 is 10.2 Å². The van der Waals surface area contributed by atoms with Crippen LogP contribution < -0.4 is 9.62 Å². The molecule has 1 atom stereocenters. The highest BCUT2D eigenvalue weighted by Gasteiger charge is 2.32. The van der Waals surface area contributed by atoms with Crippen LogP contribution in [0.15, 0.2) is 48.5 Å². The average molecular weight is 488 g/mol. The van der Waals surface area contributed by atoms with Crippen LogP contribution in [0.3, 0.4) is 0 Å². The largest absolute Gasteiger partial charge is 0.354 e. The molecule has 2 amide bonds. The maximum Gasteiger partial charge on any atom is 0.244 e. The van der Waals surface area contributed by atoms with Crippen molar-refractivity contribution in [1.29, 1.82) is 0 Å². The van der Waals surface area contributed by atoms with E-state index in [4.69, 9.17) is 0 Å². The molecular weight excluding hydrogens is 450 g/mol. The molecule has 0 bridgehead atoms. The Bertz CT molecular complexity index is 1100. The quantitative estimate of drug-likeness (QED) is 0.524. The maximum absolute atomic E-state index is 13.7. The summed E-state index contributed by atoms with van der Waals surface area (Å²) < 4.78 is 26.4. The van der Waals surface area contributed by atoms with E-state index in [1.165, 1.54) is 4.90 Å². The van der Waals surface area contributed by atoms with Crippen molar-refractivity contribution in [2.24, 2.45) is 5.92 Å². The third-order valence-corrected chi connectivity index (χ3v) is 6.78. The van der Waals surface area contributed by atoms with Crippen molar-refractivity contribution in [2.75, 3.05) is 23.7 Å². The number of carbonyl (C=O) groups excluding carboxylic acids is 2. The lowest BCUT2D eigenvalue weighted by Gasteiger charge is -2.33. The summed E-state index contributed by atoms with van der Waals surface area (Å²) in [7, 11) is -3.73. The van der Waals surface area contributed by atoms with Crippen molar-refractivity contribution < 1.29 is 18.0 Å². The number of carbonyl (C=O) groups is 2. The zero-order chi connectivity index (χ0) is 25.5. The molecule has 0 aliphatic heterocycles. The van der Waals surface area contributed by atoms with Gasteiger partial charge in [0.1, 0.15) is 12.6 Å². The molecular formula is C26H37N3O4S. The summed E-state index contributed by atoms with van der Waals surface area (Å²) in [4.78, 5) is 28.2. The lowest BCUT2D eigenvalue weighted by atomic mass is 10.1. The number of sulfonamides is 1. The number of amides is 2. The van der Waals surface area contributed by atoms with Crippen LogP contribution in [0.5, 0.6) is 0 Å². The predicted molar refractivity (Wildman–Crippen MR) is 137 cm³/mol. The summed E-state index contributed by atoms with van der Waals surface area (Å²) >= 11 is 0. The smallest absolute Gasteiger partial charge is 0.244 e. The summed E-state index contributed by atoms with van der Waals surface area (Å²) in [6.45, 7) is 10.0. The van der Waals surface area contributed by atoms with Gasteiger partial charge in [-0.15, -0.1) is 0 Å². The van der Waals surface area contributed by atoms with Crippen LogP contribution in [0.1, 0.15) is 43.9 Å². The monoisotopic (exact) mass is 487 g/mol. The van der Waals surface area contributed by atoms with Gasteiger partial charge in [0.25, 0.3) is 0 Å². The molecule has 0 saturated carbocycles. The third-order valence-electron chi connectivity index (χ3n) is 5.64. The predicted octanol–water partition coefficient (Wildman–Crippen LogP) is 3.65. The molecule has 0 heterocycles.